The Labute approximate surface area is 157 Å². The van der Waals surface area contributed by atoms with Crippen molar-refractivity contribution in [1.29, 1.82) is 0 Å². The minimum atomic E-state index is -3.64. The van der Waals surface area contributed by atoms with E-state index in [0.29, 0.717) is 5.70 Å². The van der Waals surface area contributed by atoms with Gasteiger partial charge in [-0.05, 0) is 43.5 Å². The second-order valence-corrected chi connectivity index (χ2v) is 8.98. The van der Waals surface area contributed by atoms with Crippen LogP contribution >= 0.6 is 24.5 Å². The van der Waals surface area contributed by atoms with Gasteiger partial charge in [-0.1, -0.05) is 32.1 Å². The highest BCUT2D eigenvalue weighted by Gasteiger charge is 2.16. The van der Waals surface area contributed by atoms with Crippen molar-refractivity contribution in [3.63, 3.8) is 0 Å². The highest BCUT2D eigenvalue weighted by molar-refractivity contribution is 8.07. The summed E-state index contributed by atoms with van der Waals surface area (Å²) in [7, 11) is -1.90. The number of nitrogens with one attached hydrogen (secondary N) is 3. The minimum Gasteiger partial charge on any atom is -0.306 e. The Morgan fingerprint density at radius 3 is 2.48 bits per heavy atom. The van der Waals surface area contributed by atoms with Gasteiger partial charge in [-0.25, -0.2) is 16.8 Å². The molecule has 136 valence electrons. The zero-order valence-electron chi connectivity index (χ0n) is 14.1. The summed E-state index contributed by atoms with van der Waals surface area (Å²) in [5.41, 5.74) is 1.15. The molecule has 0 atom stereocenters. The van der Waals surface area contributed by atoms with Gasteiger partial charge in [0.1, 0.15) is 12.2 Å². The van der Waals surface area contributed by atoms with Gasteiger partial charge in [-0.3, -0.25) is 4.72 Å². The van der Waals surface area contributed by atoms with E-state index in [9.17, 15) is 8.42 Å². The van der Waals surface area contributed by atoms with Crippen LogP contribution in [0.15, 0.2) is 65.2 Å². The molecule has 6 nitrogen and oxygen atoms in total. The van der Waals surface area contributed by atoms with Crippen LogP contribution in [-0.2, 0) is 13.7 Å². The molecule has 0 aliphatic heterocycles. The van der Waals surface area contributed by atoms with Crippen molar-refractivity contribution in [3.05, 3.63) is 60.3 Å². The van der Waals surface area contributed by atoms with Gasteiger partial charge < -0.3 is 4.72 Å². The molecule has 1 aromatic carbocycles. The van der Waals surface area contributed by atoms with E-state index in [1.54, 1.807) is 31.3 Å². The average Bonchev–Trinajstić information content (AvgIpc) is 2.72. The van der Waals surface area contributed by atoms with Gasteiger partial charge in [0, 0.05) is 16.8 Å². The van der Waals surface area contributed by atoms with Crippen LogP contribution in [0, 0.1) is 5.41 Å². The lowest BCUT2D eigenvalue weighted by molar-refractivity contribution is 0.589. The molecule has 0 amide bonds. The molecule has 0 heterocycles. The molecule has 1 aliphatic carbocycles. The van der Waals surface area contributed by atoms with E-state index in [-0.39, 0.29) is 10.3 Å². The SMILES string of the molecule is CNSOSNc1ccc(S(=O)(=O)NC2=CC=CC(C)(C)C=C2)cc1. The molecule has 0 saturated carbocycles. The molecule has 1 aromatic rings. The fraction of sp³-hybridized carbons (Fsp3) is 0.250. The molecule has 0 spiro atoms. The third-order valence-corrected chi connectivity index (χ3v) is 5.65. The standard InChI is InChI=1S/C16H21N3O3S3/c1-16(2)11-4-5-14(10-12-16)19-25(20,21)15-8-6-13(7-9-15)18-24-22-23-17-3/h4-12,17-19H,1-3H3. The first-order valence-corrected chi connectivity index (χ1v) is 10.4. The predicted molar refractivity (Wildman–Crippen MR) is 106 cm³/mol. The molecule has 1 aliphatic rings. The highest BCUT2D eigenvalue weighted by atomic mass is 32.2. The summed E-state index contributed by atoms with van der Waals surface area (Å²) in [6.07, 6.45) is 9.34. The molecule has 9 heteroatoms. The van der Waals surface area contributed by atoms with Crippen LogP contribution in [0.25, 0.3) is 0 Å². The second-order valence-electron chi connectivity index (χ2n) is 5.81. The Morgan fingerprint density at radius 1 is 1.08 bits per heavy atom. The maximum atomic E-state index is 12.5. The quantitative estimate of drug-likeness (QED) is 0.349. The number of sulfonamides is 1. The molecule has 0 aromatic heterocycles. The zero-order chi connectivity index (χ0) is 18.3. The Bertz CT molecular complexity index is 770. The first kappa shape index (κ1) is 19.9. The number of allylic oxidation sites excluding steroid dienone is 5. The summed E-state index contributed by atoms with van der Waals surface area (Å²) in [6, 6.07) is 6.43. The lowest BCUT2D eigenvalue weighted by Crippen LogP contribution is -2.22. The zero-order valence-corrected chi connectivity index (χ0v) is 16.6. The summed E-state index contributed by atoms with van der Waals surface area (Å²) in [6.45, 7) is 4.10. The first-order chi connectivity index (χ1) is 11.8. The lowest BCUT2D eigenvalue weighted by atomic mass is 9.93. The Morgan fingerprint density at radius 2 is 1.80 bits per heavy atom. The van der Waals surface area contributed by atoms with E-state index in [0.717, 1.165) is 30.1 Å². The van der Waals surface area contributed by atoms with Gasteiger partial charge >= 0.3 is 0 Å². The summed E-state index contributed by atoms with van der Waals surface area (Å²) in [4.78, 5) is 0.190. The van der Waals surface area contributed by atoms with Crippen LogP contribution in [0.4, 0.5) is 5.69 Å². The van der Waals surface area contributed by atoms with Crippen molar-refractivity contribution in [3.8, 4) is 0 Å². The fourth-order valence-electron chi connectivity index (χ4n) is 1.92. The molecule has 0 radical (unpaired) electrons. The van der Waals surface area contributed by atoms with Gasteiger partial charge in [0.05, 0.1) is 17.1 Å². The monoisotopic (exact) mass is 399 g/mol. The number of rotatable bonds is 8. The van der Waals surface area contributed by atoms with E-state index in [2.05, 4.69) is 14.2 Å². The molecule has 0 fully saturated rings. The highest BCUT2D eigenvalue weighted by Crippen LogP contribution is 2.23. The van der Waals surface area contributed by atoms with Crippen molar-refractivity contribution in [2.45, 2.75) is 18.7 Å². The van der Waals surface area contributed by atoms with Gasteiger partial charge in [0.15, 0.2) is 0 Å². The number of hydrogen-bond donors (Lipinski definition) is 3. The molecule has 2 rings (SSSR count). The van der Waals surface area contributed by atoms with Crippen molar-refractivity contribution in [1.82, 2.24) is 9.44 Å². The van der Waals surface area contributed by atoms with Gasteiger partial charge in [-0.2, -0.15) is 0 Å². The van der Waals surface area contributed by atoms with Crippen LogP contribution in [0.1, 0.15) is 13.8 Å². The number of benzene rings is 1. The van der Waals surface area contributed by atoms with E-state index in [4.69, 9.17) is 3.63 Å². The van der Waals surface area contributed by atoms with Crippen molar-refractivity contribution < 1.29 is 12.0 Å². The van der Waals surface area contributed by atoms with Crippen LogP contribution < -0.4 is 14.2 Å². The van der Waals surface area contributed by atoms with Crippen LogP contribution in [0.5, 0.6) is 0 Å². The van der Waals surface area contributed by atoms with Gasteiger partial charge in [0.25, 0.3) is 10.0 Å². The average molecular weight is 400 g/mol. The maximum absolute atomic E-state index is 12.5. The molecule has 0 unspecified atom stereocenters. The third-order valence-electron chi connectivity index (χ3n) is 3.22. The maximum Gasteiger partial charge on any atom is 0.261 e. The van der Waals surface area contributed by atoms with E-state index < -0.39 is 10.0 Å². The molecule has 0 saturated heterocycles. The van der Waals surface area contributed by atoms with Crippen LogP contribution in [-0.4, -0.2) is 15.5 Å². The van der Waals surface area contributed by atoms with Crippen molar-refractivity contribution in [2.75, 3.05) is 11.8 Å². The third kappa shape index (κ3) is 6.44. The van der Waals surface area contributed by atoms with Gasteiger partial charge in [0.2, 0.25) is 0 Å². The smallest absolute Gasteiger partial charge is 0.261 e. The normalized spacial score (nSPS) is 16.2. The molecular weight excluding hydrogens is 378 g/mol. The Kier molecular flexibility index (Phi) is 7.03. The lowest BCUT2D eigenvalue weighted by Gasteiger charge is -2.13. The Balaban J connectivity index is 2.02. The number of hydrogen-bond acceptors (Lipinski definition) is 7. The summed E-state index contributed by atoms with van der Waals surface area (Å²) in [5, 5.41) is 0. The summed E-state index contributed by atoms with van der Waals surface area (Å²) >= 11 is 2.12. The first-order valence-electron chi connectivity index (χ1n) is 7.46. The minimum absolute atomic E-state index is 0.109. The Hall–Kier alpha value is -1.39. The molecule has 0 bridgehead atoms. The summed E-state index contributed by atoms with van der Waals surface area (Å²) < 4.78 is 38.4. The molecule has 25 heavy (non-hydrogen) atoms. The van der Waals surface area contributed by atoms with E-state index in [1.807, 2.05) is 32.1 Å². The van der Waals surface area contributed by atoms with Crippen LogP contribution in [0.2, 0.25) is 0 Å². The van der Waals surface area contributed by atoms with Gasteiger partial charge in [-0.15, -0.1) is 0 Å². The van der Waals surface area contributed by atoms with Crippen molar-refractivity contribution >= 4 is 40.2 Å². The largest absolute Gasteiger partial charge is 0.306 e. The van der Waals surface area contributed by atoms with Crippen LogP contribution in [0.3, 0.4) is 0 Å². The summed E-state index contributed by atoms with van der Waals surface area (Å²) in [5.74, 6) is 0. The fourth-order valence-corrected chi connectivity index (χ4v) is 3.75. The topological polar surface area (TPSA) is 79.5 Å². The van der Waals surface area contributed by atoms with Crippen molar-refractivity contribution in [2.24, 2.45) is 5.41 Å². The molecule has 3 N–H and O–H groups in total. The number of anilines is 1. The molecular formula is C16H21N3O3S3. The predicted octanol–water partition coefficient (Wildman–Crippen LogP) is 3.78. The van der Waals surface area contributed by atoms with E-state index in [1.165, 1.54) is 12.1 Å². The second kappa shape index (κ2) is 8.81. The van der Waals surface area contributed by atoms with E-state index >= 15 is 0 Å².